The number of likely N-dealkylation sites (tertiary alicyclic amines) is 1. The summed E-state index contributed by atoms with van der Waals surface area (Å²) in [5.41, 5.74) is 6.53. The van der Waals surface area contributed by atoms with Crippen molar-refractivity contribution in [1.29, 1.82) is 0 Å². The fraction of sp³-hybridized carbons (Fsp3) is 0.692. The third-order valence-corrected chi connectivity index (χ3v) is 4.25. The number of hydrogen-bond donors (Lipinski definition) is 1. The molecule has 5 heteroatoms. The van der Waals surface area contributed by atoms with Gasteiger partial charge in [0.15, 0.2) is 0 Å². The van der Waals surface area contributed by atoms with Crippen LogP contribution in [0.5, 0.6) is 0 Å². The molecule has 1 aliphatic rings. The van der Waals surface area contributed by atoms with Gasteiger partial charge in [-0.2, -0.15) is 0 Å². The van der Waals surface area contributed by atoms with E-state index in [1.165, 1.54) is 12.8 Å². The van der Waals surface area contributed by atoms with Gasteiger partial charge in [0.2, 0.25) is 5.91 Å². The number of rotatable bonds is 4. The molecule has 1 fully saturated rings. The molecule has 1 amide bonds. The van der Waals surface area contributed by atoms with Crippen molar-refractivity contribution in [2.75, 3.05) is 13.1 Å². The molecule has 0 bridgehead atoms. The zero-order valence-corrected chi connectivity index (χ0v) is 11.5. The number of amides is 1. The van der Waals surface area contributed by atoms with E-state index < -0.39 is 0 Å². The second-order valence-corrected chi connectivity index (χ2v) is 5.67. The van der Waals surface area contributed by atoms with Crippen molar-refractivity contribution in [3.05, 3.63) is 16.1 Å². The zero-order valence-electron chi connectivity index (χ0n) is 10.7. The Morgan fingerprint density at radius 2 is 2.06 bits per heavy atom. The number of nitrogens with two attached hydrogens (primary N) is 1. The molecule has 2 rings (SSSR count). The molecule has 0 spiro atoms. The molecule has 2 N–H and O–H groups in total. The van der Waals surface area contributed by atoms with Crippen molar-refractivity contribution in [2.45, 2.75) is 45.1 Å². The third-order valence-electron chi connectivity index (χ3n) is 3.33. The Kier molecular flexibility index (Phi) is 5.13. The molecule has 4 nitrogen and oxygen atoms in total. The predicted molar refractivity (Wildman–Crippen MR) is 73.4 cm³/mol. The first-order valence-electron chi connectivity index (χ1n) is 6.70. The van der Waals surface area contributed by atoms with Gasteiger partial charge in [0.05, 0.1) is 5.69 Å². The lowest BCUT2D eigenvalue weighted by atomic mass is 10.2. The van der Waals surface area contributed by atoms with Crippen LogP contribution in [0.1, 0.15) is 42.8 Å². The molecule has 0 unspecified atom stereocenters. The van der Waals surface area contributed by atoms with Crippen LogP contribution in [0.4, 0.5) is 0 Å². The van der Waals surface area contributed by atoms with E-state index in [2.05, 4.69) is 4.98 Å². The normalized spacial score (nSPS) is 16.6. The van der Waals surface area contributed by atoms with Crippen LogP contribution in [0.2, 0.25) is 0 Å². The topological polar surface area (TPSA) is 59.2 Å². The molecular weight excluding hydrogens is 246 g/mol. The van der Waals surface area contributed by atoms with Gasteiger partial charge < -0.3 is 10.6 Å². The average molecular weight is 267 g/mol. The van der Waals surface area contributed by atoms with Gasteiger partial charge in [-0.1, -0.05) is 12.8 Å². The first kappa shape index (κ1) is 13.5. The summed E-state index contributed by atoms with van der Waals surface area (Å²) in [7, 11) is 0. The Morgan fingerprint density at radius 1 is 1.33 bits per heavy atom. The van der Waals surface area contributed by atoms with Crippen molar-refractivity contribution < 1.29 is 4.79 Å². The van der Waals surface area contributed by atoms with Crippen molar-refractivity contribution >= 4 is 17.2 Å². The van der Waals surface area contributed by atoms with Crippen molar-refractivity contribution in [3.63, 3.8) is 0 Å². The van der Waals surface area contributed by atoms with Gasteiger partial charge in [-0.25, -0.2) is 4.98 Å². The Morgan fingerprint density at radius 3 is 2.67 bits per heavy atom. The Labute approximate surface area is 112 Å². The number of carbonyl (C=O) groups excluding carboxylic acids is 1. The number of carbonyl (C=O) groups is 1. The van der Waals surface area contributed by atoms with Crippen LogP contribution in [-0.4, -0.2) is 28.9 Å². The average Bonchev–Trinajstić information content (AvgIpc) is 2.68. The maximum atomic E-state index is 12.1. The highest BCUT2D eigenvalue weighted by molar-refractivity contribution is 7.09. The Bertz CT molecular complexity index is 383. The monoisotopic (exact) mass is 267 g/mol. The molecule has 100 valence electrons. The predicted octanol–water partition coefficient (Wildman–Crippen LogP) is 1.94. The highest BCUT2D eigenvalue weighted by Gasteiger charge is 2.15. The standard InChI is InChI=1S/C13H21N3OS/c14-9-12-15-11(10-18-12)5-6-13(17)16-7-3-1-2-4-8-16/h10H,1-9,14H2. The number of aryl methyl sites for hydroxylation is 1. The van der Waals surface area contributed by atoms with Crippen LogP contribution in [-0.2, 0) is 17.8 Å². The van der Waals surface area contributed by atoms with Crippen LogP contribution < -0.4 is 5.73 Å². The number of nitrogens with zero attached hydrogens (tertiary/aromatic N) is 2. The summed E-state index contributed by atoms with van der Waals surface area (Å²) >= 11 is 1.58. The summed E-state index contributed by atoms with van der Waals surface area (Å²) in [5.74, 6) is 0.277. The summed E-state index contributed by atoms with van der Waals surface area (Å²) in [4.78, 5) is 18.5. The minimum absolute atomic E-state index is 0.277. The van der Waals surface area contributed by atoms with Crippen molar-refractivity contribution in [2.24, 2.45) is 5.73 Å². The van der Waals surface area contributed by atoms with Gasteiger partial charge in [-0.05, 0) is 19.3 Å². The molecule has 1 saturated heterocycles. The van der Waals surface area contributed by atoms with Crippen LogP contribution in [0.3, 0.4) is 0 Å². The SMILES string of the molecule is NCc1nc(CCC(=O)N2CCCCCC2)cs1. The molecule has 0 saturated carbocycles. The summed E-state index contributed by atoms with van der Waals surface area (Å²) in [6, 6.07) is 0. The smallest absolute Gasteiger partial charge is 0.222 e. The fourth-order valence-corrected chi connectivity index (χ4v) is 2.98. The van der Waals surface area contributed by atoms with E-state index >= 15 is 0 Å². The first-order chi connectivity index (χ1) is 8.79. The fourth-order valence-electron chi connectivity index (χ4n) is 2.27. The lowest BCUT2D eigenvalue weighted by Crippen LogP contribution is -2.31. The van der Waals surface area contributed by atoms with Crippen LogP contribution in [0, 0.1) is 0 Å². The van der Waals surface area contributed by atoms with E-state index in [4.69, 9.17) is 5.73 Å². The van der Waals surface area contributed by atoms with Crippen LogP contribution in [0.15, 0.2) is 5.38 Å². The highest BCUT2D eigenvalue weighted by Crippen LogP contribution is 2.14. The summed E-state index contributed by atoms with van der Waals surface area (Å²) in [6.07, 6.45) is 6.14. The van der Waals surface area contributed by atoms with E-state index in [-0.39, 0.29) is 5.91 Å². The van der Waals surface area contributed by atoms with Gasteiger partial charge in [-0.3, -0.25) is 4.79 Å². The summed E-state index contributed by atoms with van der Waals surface area (Å²) in [6.45, 7) is 2.36. The second kappa shape index (κ2) is 6.85. The van der Waals surface area contributed by atoms with Crippen LogP contribution >= 0.6 is 11.3 Å². The van der Waals surface area contributed by atoms with Gasteiger partial charge in [-0.15, -0.1) is 11.3 Å². The van der Waals surface area contributed by atoms with Crippen molar-refractivity contribution in [3.8, 4) is 0 Å². The summed E-state index contributed by atoms with van der Waals surface area (Å²) in [5, 5.41) is 2.96. The van der Waals surface area contributed by atoms with Gasteiger partial charge >= 0.3 is 0 Å². The molecular formula is C13H21N3OS. The largest absolute Gasteiger partial charge is 0.343 e. The van der Waals surface area contributed by atoms with Gasteiger partial charge in [0.25, 0.3) is 0 Å². The zero-order chi connectivity index (χ0) is 12.8. The van der Waals surface area contributed by atoms with E-state index in [0.717, 1.165) is 43.1 Å². The molecule has 1 aliphatic heterocycles. The van der Waals surface area contributed by atoms with E-state index in [0.29, 0.717) is 13.0 Å². The Hall–Kier alpha value is -0.940. The maximum absolute atomic E-state index is 12.1. The molecule has 0 atom stereocenters. The first-order valence-corrected chi connectivity index (χ1v) is 7.58. The molecule has 1 aromatic heterocycles. The van der Waals surface area contributed by atoms with Gasteiger partial charge in [0, 0.05) is 31.4 Å². The molecule has 18 heavy (non-hydrogen) atoms. The number of aromatic nitrogens is 1. The quantitative estimate of drug-likeness (QED) is 0.907. The molecule has 0 aliphatic carbocycles. The van der Waals surface area contributed by atoms with Crippen LogP contribution in [0.25, 0.3) is 0 Å². The maximum Gasteiger partial charge on any atom is 0.222 e. The second-order valence-electron chi connectivity index (χ2n) is 4.73. The lowest BCUT2D eigenvalue weighted by molar-refractivity contribution is -0.131. The third kappa shape index (κ3) is 3.78. The molecule has 2 heterocycles. The van der Waals surface area contributed by atoms with E-state index in [1.54, 1.807) is 11.3 Å². The highest BCUT2D eigenvalue weighted by atomic mass is 32.1. The van der Waals surface area contributed by atoms with Crippen molar-refractivity contribution in [1.82, 2.24) is 9.88 Å². The molecule has 0 radical (unpaired) electrons. The number of hydrogen-bond acceptors (Lipinski definition) is 4. The minimum atomic E-state index is 0.277. The summed E-state index contributed by atoms with van der Waals surface area (Å²) < 4.78 is 0. The van der Waals surface area contributed by atoms with Gasteiger partial charge in [0.1, 0.15) is 5.01 Å². The number of thiazole rings is 1. The minimum Gasteiger partial charge on any atom is -0.343 e. The Balaban J connectivity index is 1.79. The molecule has 1 aromatic rings. The molecule has 0 aromatic carbocycles. The van der Waals surface area contributed by atoms with E-state index in [1.807, 2.05) is 10.3 Å². The van der Waals surface area contributed by atoms with E-state index in [9.17, 15) is 4.79 Å². The lowest BCUT2D eigenvalue weighted by Gasteiger charge is -2.19.